The van der Waals surface area contributed by atoms with Crippen molar-refractivity contribution in [3.63, 3.8) is 0 Å². The molecule has 0 radical (unpaired) electrons. The fraction of sp³-hybridized carbons (Fsp3) is 0.852. The lowest BCUT2D eigenvalue weighted by Crippen LogP contribution is -2.58. The Morgan fingerprint density at radius 3 is 2.50 bits per heavy atom. The third-order valence-corrected chi connectivity index (χ3v) is 10.9. The van der Waals surface area contributed by atoms with Gasteiger partial charge in [0, 0.05) is 19.3 Å². The minimum absolute atomic E-state index is 0.00723. The van der Waals surface area contributed by atoms with Crippen molar-refractivity contribution in [2.24, 2.45) is 46.3 Å². The molecule has 7 heteroatoms. The number of methoxy groups -OCH3 is 1. The Morgan fingerprint density at radius 2 is 1.85 bits per heavy atom. The lowest BCUT2D eigenvalue weighted by Gasteiger charge is -2.60. The highest BCUT2D eigenvalue weighted by atomic mass is 32.1. The number of rotatable bonds is 5. The van der Waals surface area contributed by atoms with Crippen LogP contribution in [0.2, 0.25) is 0 Å². The van der Waals surface area contributed by atoms with Crippen LogP contribution in [0.5, 0.6) is 0 Å². The molecule has 0 aliphatic heterocycles. The van der Waals surface area contributed by atoms with E-state index in [9.17, 15) is 18.6 Å². The van der Waals surface area contributed by atoms with Gasteiger partial charge in [-0.1, -0.05) is 20.8 Å². The molecule has 4 aliphatic rings. The van der Waals surface area contributed by atoms with E-state index in [4.69, 9.17) is 9.47 Å². The van der Waals surface area contributed by atoms with Crippen molar-refractivity contribution in [1.82, 2.24) is 0 Å². The molecule has 4 rings (SSSR count). The van der Waals surface area contributed by atoms with Crippen LogP contribution in [0.15, 0.2) is 0 Å². The zero-order valence-electron chi connectivity index (χ0n) is 21.3. The molecule has 4 fully saturated rings. The van der Waals surface area contributed by atoms with Crippen molar-refractivity contribution in [2.45, 2.75) is 91.6 Å². The molecule has 0 spiro atoms. The zero-order chi connectivity index (χ0) is 24.8. The molecule has 0 bridgehead atoms. The summed E-state index contributed by atoms with van der Waals surface area (Å²) in [5.74, 6) is 1.61. The van der Waals surface area contributed by atoms with Crippen molar-refractivity contribution in [3.8, 4) is 0 Å². The summed E-state index contributed by atoms with van der Waals surface area (Å²) in [5, 5.41) is 0. The van der Waals surface area contributed by atoms with Crippen molar-refractivity contribution >= 4 is 33.8 Å². The fourth-order valence-electron chi connectivity index (χ4n) is 9.05. The molecule has 0 aromatic carbocycles. The molecule has 0 aromatic heterocycles. The van der Waals surface area contributed by atoms with Gasteiger partial charge in [0.05, 0.1) is 18.4 Å². The fourth-order valence-corrected chi connectivity index (χ4v) is 9.53. The molecule has 0 aromatic rings. The van der Waals surface area contributed by atoms with Crippen LogP contribution in [0.4, 0.5) is 0 Å². The van der Waals surface area contributed by atoms with Gasteiger partial charge in [-0.2, -0.15) is 0 Å². The monoisotopic (exact) mass is 492 g/mol. The van der Waals surface area contributed by atoms with E-state index in [-0.39, 0.29) is 50.9 Å². The van der Waals surface area contributed by atoms with Crippen molar-refractivity contribution in [2.75, 3.05) is 7.11 Å². The molecule has 34 heavy (non-hydrogen) atoms. The second-order valence-electron chi connectivity index (χ2n) is 12.0. The summed E-state index contributed by atoms with van der Waals surface area (Å²) in [6.45, 7) is 8.24. The Labute approximate surface area is 207 Å². The van der Waals surface area contributed by atoms with E-state index >= 15 is 0 Å². The highest BCUT2D eigenvalue weighted by molar-refractivity contribution is 7.68. The zero-order valence-corrected chi connectivity index (χ0v) is 22.1. The summed E-state index contributed by atoms with van der Waals surface area (Å²) in [6, 6.07) is 0. The number of esters is 2. The van der Waals surface area contributed by atoms with E-state index in [2.05, 4.69) is 20.8 Å². The van der Waals surface area contributed by atoms with Gasteiger partial charge in [-0.05, 0) is 91.8 Å². The number of carbonyl (C=O) groups excluding carboxylic acids is 3. The maximum atomic E-state index is 13.9. The van der Waals surface area contributed by atoms with Gasteiger partial charge in [0.15, 0.2) is 0 Å². The van der Waals surface area contributed by atoms with Crippen LogP contribution in [0.3, 0.4) is 0 Å². The molecule has 0 saturated heterocycles. The summed E-state index contributed by atoms with van der Waals surface area (Å²) in [4.78, 5) is 37.6. The number of Topliss-reactive ketones (excluding diaryl/α,β-unsaturated/α-hetero) is 1. The predicted octanol–water partition coefficient (Wildman–Crippen LogP) is 4.34. The lowest BCUT2D eigenvalue weighted by atomic mass is 9.44. The second-order valence-corrected chi connectivity index (χ2v) is 12.7. The Morgan fingerprint density at radius 1 is 1.12 bits per heavy atom. The minimum atomic E-state index is -0.526. The smallest absolute Gasteiger partial charge is 0.347 e. The van der Waals surface area contributed by atoms with E-state index in [0.29, 0.717) is 42.3 Å². The van der Waals surface area contributed by atoms with Gasteiger partial charge in [-0.3, -0.25) is 9.59 Å². The Balaban J connectivity index is 1.53. The van der Waals surface area contributed by atoms with Crippen LogP contribution in [0.25, 0.3) is 0 Å². The lowest BCUT2D eigenvalue weighted by molar-refractivity contribution is -0.169. The topological polar surface area (TPSA) is 86.7 Å². The largest absolute Gasteiger partial charge is 0.465 e. The third-order valence-electron chi connectivity index (χ3n) is 10.4. The van der Waals surface area contributed by atoms with E-state index in [1.165, 1.54) is 14.0 Å². The Bertz CT molecular complexity index is 909. The van der Waals surface area contributed by atoms with E-state index < -0.39 is 5.97 Å². The minimum Gasteiger partial charge on any atom is -0.465 e. The van der Waals surface area contributed by atoms with Gasteiger partial charge >= 0.3 is 11.9 Å². The number of ether oxygens (including phenoxy) is 2. The average molecular weight is 493 g/mol. The number of carbonyl (C=O) groups is 3. The highest BCUT2D eigenvalue weighted by Gasteiger charge is 2.63. The summed E-state index contributed by atoms with van der Waals surface area (Å²) in [7, 11) is 1.31. The maximum Gasteiger partial charge on any atom is 0.347 e. The van der Waals surface area contributed by atoms with E-state index in [1.807, 2.05) is 0 Å². The Hall–Kier alpha value is -1.50. The normalized spacial score (nSPS) is 42.0. The molecule has 6 nitrogen and oxygen atoms in total. The first kappa shape index (κ1) is 25.6. The van der Waals surface area contributed by atoms with Crippen LogP contribution in [0, 0.1) is 46.3 Å². The standard InChI is InChI=1S/C27H40O6S/c1-15(12-23(34-31)25(30)32-5)20-8-9-21-19-7-6-17-13-18(33-16(2)28)10-11-26(17,3)24(19)22(29)14-27(20,21)4/h15,17-21,24H,6-14H2,1-5H3/t15-,17+,18-,19+,20-,21+,24-,26+,27-/m1/s1. The van der Waals surface area contributed by atoms with Crippen molar-refractivity contribution in [1.29, 1.82) is 0 Å². The van der Waals surface area contributed by atoms with E-state index in [0.717, 1.165) is 44.9 Å². The van der Waals surface area contributed by atoms with Crippen LogP contribution >= 0.6 is 0 Å². The maximum absolute atomic E-state index is 13.9. The number of ketones is 1. The highest BCUT2D eigenvalue weighted by Crippen LogP contribution is 2.67. The predicted molar refractivity (Wildman–Crippen MR) is 130 cm³/mol. The number of hydrogen-bond donors (Lipinski definition) is 0. The van der Waals surface area contributed by atoms with Crippen LogP contribution in [-0.2, 0) is 35.1 Å². The molecule has 4 aliphatic carbocycles. The first-order chi connectivity index (χ1) is 16.0. The molecule has 0 unspecified atom stereocenters. The molecular formula is C27H40O6S. The van der Waals surface area contributed by atoms with Crippen molar-refractivity contribution < 1.29 is 28.1 Å². The van der Waals surface area contributed by atoms with Gasteiger partial charge in [-0.25, -0.2) is 9.00 Å². The SMILES string of the molecule is COC(=O)C(C[C@@H](C)[C@H]1CC[C@H]2[C@@H]3CC[C@H]4C[C@H](OC(C)=O)CC[C@]4(C)[C@H]3C(=O)C[C@]12C)=S=O. The molecule has 190 valence electrons. The van der Waals surface area contributed by atoms with Crippen LogP contribution < -0.4 is 0 Å². The van der Waals surface area contributed by atoms with Gasteiger partial charge in [0.25, 0.3) is 0 Å². The summed E-state index contributed by atoms with van der Waals surface area (Å²) in [6.07, 6.45) is 8.03. The number of hydrogen-bond acceptors (Lipinski definition) is 6. The first-order valence-corrected chi connectivity index (χ1v) is 13.7. The summed E-state index contributed by atoms with van der Waals surface area (Å²) >= 11 is 0.246. The number of fused-ring (bicyclic) bond motifs is 5. The summed E-state index contributed by atoms with van der Waals surface area (Å²) < 4.78 is 21.9. The van der Waals surface area contributed by atoms with Gasteiger partial charge < -0.3 is 9.47 Å². The second kappa shape index (κ2) is 9.51. The molecule has 9 atom stereocenters. The van der Waals surface area contributed by atoms with Crippen LogP contribution in [-0.4, -0.2) is 40.0 Å². The summed E-state index contributed by atoms with van der Waals surface area (Å²) in [5.41, 5.74) is -0.0860. The first-order valence-electron chi connectivity index (χ1n) is 13.0. The molecule has 0 N–H and O–H groups in total. The third kappa shape index (κ3) is 4.20. The van der Waals surface area contributed by atoms with Gasteiger partial charge in [0.1, 0.15) is 16.8 Å². The molecular weight excluding hydrogens is 452 g/mol. The van der Waals surface area contributed by atoms with Crippen LogP contribution in [0.1, 0.15) is 85.5 Å². The van der Waals surface area contributed by atoms with Crippen molar-refractivity contribution in [3.05, 3.63) is 0 Å². The van der Waals surface area contributed by atoms with E-state index in [1.54, 1.807) is 0 Å². The van der Waals surface area contributed by atoms with Gasteiger partial charge in [-0.15, -0.1) is 0 Å². The molecule has 0 amide bonds. The Kier molecular flexibility index (Phi) is 7.16. The average Bonchev–Trinajstić information content (AvgIpc) is 3.13. The molecule has 4 saturated carbocycles. The molecule has 0 heterocycles. The van der Waals surface area contributed by atoms with Gasteiger partial charge in [0.2, 0.25) is 0 Å². The quantitative estimate of drug-likeness (QED) is 0.419.